The van der Waals surface area contributed by atoms with Crippen LogP contribution in [0.1, 0.15) is 0 Å². The van der Waals surface area contributed by atoms with Gasteiger partial charge < -0.3 is 10.2 Å². The molecular weight excluding hydrogens is 119 g/mol. The van der Waals surface area contributed by atoms with Crippen molar-refractivity contribution in [2.24, 2.45) is 0 Å². The van der Waals surface area contributed by atoms with E-state index in [1.165, 1.54) is 0 Å². The van der Waals surface area contributed by atoms with Gasteiger partial charge >= 0.3 is 11.4 Å². The summed E-state index contributed by atoms with van der Waals surface area (Å²) >= 11 is 0. The van der Waals surface area contributed by atoms with Crippen LogP contribution in [0.2, 0.25) is 0 Å². The second-order valence-corrected chi connectivity index (χ2v) is 1.67. The molecule has 0 saturated heterocycles. The Morgan fingerprint density at radius 2 is 1.43 bits per heavy atom. The molecule has 0 aromatic carbocycles. The molecule has 4 nitrogen and oxygen atoms in total. The summed E-state index contributed by atoms with van der Waals surface area (Å²) in [7, 11) is -0.590. The highest BCUT2D eigenvalue weighted by Gasteiger charge is 2.04. The normalized spacial score (nSPS) is 8.00. The molecule has 0 bridgehead atoms. The van der Waals surface area contributed by atoms with Crippen LogP contribution in [0.25, 0.3) is 0 Å². The van der Waals surface area contributed by atoms with Crippen LogP contribution in [0, 0.1) is 0 Å². The van der Waals surface area contributed by atoms with Crippen LogP contribution in [0.4, 0.5) is 9.59 Å². The minimum absolute atomic E-state index is 0.590. The molecule has 0 rings (SSSR count). The Balaban J connectivity index is 3.32. The van der Waals surface area contributed by atoms with Crippen molar-refractivity contribution in [1.29, 1.82) is 0 Å². The fourth-order valence-electron chi connectivity index (χ4n) is 0.0818. The monoisotopic (exact) mass is 121 g/mol. The van der Waals surface area contributed by atoms with Crippen molar-refractivity contribution < 1.29 is 19.8 Å². The van der Waals surface area contributed by atoms with Gasteiger partial charge in [0.15, 0.2) is 8.58 Å². The van der Waals surface area contributed by atoms with Crippen LogP contribution in [0.3, 0.4) is 0 Å². The Bertz CT molecular complexity index is 85.9. The molecular formula is C2H2O4P. The average Bonchev–Trinajstić information content (AvgIpc) is 1.27. The molecule has 0 saturated carbocycles. The third-order valence-corrected chi connectivity index (χ3v) is 0.574. The van der Waals surface area contributed by atoms with Crippen molar-refractivity contribution in [3.8, 4) is 0 Å². The molecule has 0 aliphatic carbocycles. The number of hydrogen-bond donors (Lipinski definition) is 2. The Morgan fingerprint density at radius 1 is 1.14 bits per heavy atom. The van der Waals surface area contributed by atoms with Crippen LogP contribution in [-0.2, 0) is 0 Å². The van der Waals surface area contributed by atoms with Crippen molar-refractivity contribution in [3.63, 3.8) is 0 Å². The van der Waals surface area contributed by atoms with Crippen LogP contribution in [0.15, 0.2) is 0 Å². The summed E-state index contributed by atoms with van der Waals surface area (Å²) in [6, 6.07) is 0. The number of carboxylic acid groups (broad SMARTS) is 2. The zero-order valence-electron chi connectivity index (χ0n) is 3.16. The minimum Gasteiger partial charge on any atom is -0.477 e. The van der Waals surface area contributed by atoms with Gasteiger partial charge in [-0.2, -0.15) is 0 Å². The van der Waals surface area contributed by atoms with Gasteiger partial charge in [0.25, 0.3) is 0 Å². The third-order valence-electron chi connectivity index (χ3n) is 0.191. The van der Waals surface area contributed by atoms with Gasteiger partial charge in [-0.3, -0.25) is 0 Å². The van der Waals surface area contributed by atoms with Crippen LogP contribution in [0.5, 0.6) is 0 Å². The Morgan fingerprint density at radius 3 is 1.43 bits per heavy atom. The van der Waals surface area contributed by atoms with E-state index in [2.05, 4.69) is 0 Å². The lowest BCUT2D eigenvalue weighted by atomic mass is 11.6. The predicted molar refractivity (Wildman–Crippen MR) is 23.0 cm³/mol. The Hall–Kier alpha value is -0.630. The first-order valence-corrected chi connectivity index (χ1v) is 2.20. The summed E-state index contributed by atoms with van der Waals surface area (Å²) in [6.45, 7) is 0. The second-order valence-electron chi connectivity index (χ2n) is 0.677. The van der Waals surface area contributed by atoms with Crippen molar-refractivity contribution in [1.82, 2.24) is 0 Å². The highest BCUT2D eigenvalue weighted by Crippen LogP contribution is 2.09. The van der Waals surface area contributed by atoms with E-state index in [9.17, 15) is 9.59 Å². The molecule has 0 aromatic rings. The number of hydrogen-bond acceptors (Lipinski definition) is 2. The summed E-state index contributed by atoms with van der Waals surface area (Å²) in [4.78, 5) is 18.8. The quantitative estimate of drug-likeness (QED) is 0.539. The lowest BCUT2D eigenvalue weighted by Crippen LogP contribution is -1.86. The minimum atomic E-state index is -1.34. The third kappa shape index (κ3) is 5.37. The van der Waals surface area contributed by atoms with Gasteiger partial charge in [-0.05, 0) is 0 Å². The van der Waals surface area contributed by atoms with Gasteiger partial charge in [-0.1, -0.05) is 0 Å². The summed E-state index contributed by atoms with van der Waals surface area (Å²) in [5.74, 6) is 0. The van der Waals surface area contributed by atoms with Crippen molar-refractivity contribution in [2.45, 2.75) is 0 Å². The largest absolute Gasteiger partial charge is 0.477 e. The zero-order chi connectivity index (χ0) is 5.86. The van der Waals surface area contributed by atoms with Crippen molar-refractivity contribution in [2.75, 3.05) is 0 Å². The maximum absolute atomic E-state index is 9.42. The summed E-state index contributed by atoms with van der Waals surface area (Å²) in [5, 5.41) is 15.4. The highest BCUT2D eigenvalue weighted by molar-refractivity contribution is 7.72. The van der Waals surface area contributed by atoms with Crippen molar-refractivity contribution in [3.05, 3.63) is 0 Å². The van der Waals surface area contributed by atoms with E-state index in [4.69, 9.17) is 10.2 Å². The molecule has 0 fully saturated rings. The SMILES string of the molecule is O=C(O)[P]C(=O)O. The smallest absolute Gasteiger partial charge is 0.340 e. The van der Waals surface area contributed by atoms with Crippen molar-refractivity contribution >= 4 is 20.0 Å². The van der Waals surface area contributed by atoms with E-state index in [1.54, 1.807) is 0 Å². The zero-order valence-corrected chi connectivity index (χ0v) is 4.05. The van der Waals surface area contributed by atoms with Gasteiger partial charge in [0.2, 0.25) is 0 Å². The molecule has 0 atom stereocenters. The Kier molecular flexibility index (Phi) is 2.30. The van der Waals surface area contributed by atoms with E-state index in [0.29, 0.717) is 0 Å². The molecule has 7 heavy (non-hydrogen) atoms. The molecule has 5 heteroatoms. The fourth-order valence-corrected chi connectivity index (χ4v) is 0.245. The van der Waals surface area contributed by atoms with Crippen LogP contribution >= 0.6 is 8.58 Å². The van der Waals surface area contributed by atoms with Gasteiger partial charge in [0, 0.05) is 0 Å². The van der Waals surface area contributed by atoms with Gasteiger partial charge in [0.1, 0.15) is 0 Å². The summed E-state index contributed by atoms with van der Waals surface area (Å²) < 4.78 is 0. The number of carbonyl (C=O) groups is 2. The molecule has 0 amide bonds. The van der Waals surface area contributed by atoms with Crippen LogP contribution in [-0.4, -0.2) is 21.6 Å². The first-order valence-electron chi connectivity index (χ1n) is 1.30. The van der Waals surface area contributed by atoms with Gasteiger partial charge in [-0.25, -0.2) is 9.59 Å². The Labute approximate surface area is 40.9 Å². The fraction of sp³-hybridized carbons (Fsp3) is 0. The maximum Gasteiger partial charge on any atom is 0.340 e. The average molecular weight is 121 g/mol. The summed E-state index contributed by atoms with van der Waals surface area (Å²) in [6.07, 6.45) is 0. The maximum atomic E-state index is 9.42. The lowest BCUT2D eigenvalue weighted by molar-refractivity contribution is 0.216. The molecule has 0 aliphatic rings. The van der Waals surface area contributed by atoms with Gasteiger partial charge in [-0.15, -0.1) is 0 Å². The molecule has 39 valence electrons. The highest BCUT2D eigenvalue weighted by atomic mass is 31.1. The molecule has 0 unspecified atom stereocenters. The second kappa shape index (κ2) is 2.53. The van der Waals surface area contributed by atoms with Crippen LogP contribution < -0.4 is 0 Å². The first kappa shape index (κ1) is 6.37. The number of rotatable bonds is 2. The molecule has 1 radical (unpaired) electrons. The van der Waals surface area contributed by atoms with E-state index < -0.39 is 20.0 Å². The summed E-state index contributed by atoms with van der Waals surface area (Å²) in [5.41, 5.74) is -2.68. The van der Waals surface area contributed by atoms with E-state index in [0.717, 1.165) is 0 Å². The lowest BCUT2D eigenvalue weighted by Gasteiger charge is -1.78. The molecule has 0 aromatic heterocycles. The first-order chi connectivity index (χ1) is 3.13. The standard InChI is InChI=1S/C2H2O4P/c3-1(4)7-2(5)6/h(H,3,4)(H,5,6). The molecule has 0 aliphatic heterocycles. The van der Waals surface area contributed by atoms with E-state index >= 15 is 0 Å². The molecule has 0 spiro atoms. The van der Waals surface area contributed by atoms with E-state index in [-0.39, 0.29) is 0 Å². The topological polar surface area (TPSA) is 74.6 Å². The molecule has 0 heterocycles. The molecule has 2 N–H and O–H groups in total. The van der Waals surface area contributed by atoms with Gasteiger partial charge in [0.05, 0.1) is 0 Å². The predicted octanol–water partition coefficient (Wildman–Crippen LogP) is 1.29. The van der Waals surface area contributed by atoms with E-state index in [1.807, 2.05) is 0 Å².